The van der Waals surface area contributed by atoms with E-state index in [0.717, 1.165) is 15.7 Å². The number of halogens is 1. The van der Waals surface area contributed by atoms with Gasteiger partial charge in [0.15, 0.2) is 0 Å². The smallest absolute Gasteiger partial charge is 0.131 e. The van der Waals surface area contributed by atoms with Crippen LogP contribution in [-0.4, -0.2) is 21.1 Å². The van der Waals surface area contributed by atoms with E-state index in [2.05, 4.69) is 20.9 Å². The SMILES string of the molecule is NC(CO)c1ccc2c(Br)ncn2c1. The highest BCUT2D eigenvalue weighted by Gasteiger charge is 2.06. The number of imidazole rings is 1. The van der Waals surface area contributed by atoms with Gasteiger partial charge >= 0.3 is 0 Å². The van der Waals surface area contributed by atoms with Gasteiger partial charge in [-0.25, -0.2) is 4.98 Å². The Morgan fingerprint density at radius 3 is 3.07 bits per heavy atom. The van der Waals surface area contributed by atoms with Gasteiger partial charge < -0.3 is 15.2 Å². The zero-order valence-corrected chi connectivity index (χ0v) is 8.98. The van der Waals surface area contributed by atoms with Crippen LogP contribution in [0.1, 0.15) is 11.6 Å². The maximum atomic E-state index is 8.91. The molecule has 1 atom stereocenters. The predicted molar refractivity (Wildman–Crippen MR) is 56.9 cm³/mol. The first-order chi connectivity index (χ1) is 6.72. The molecule has 0 aliphatic carbocycles. The fraction of sp³-hybridized carbons (Fsp3) is 0.222. The molecule has 2 aromatic rings. The predicted octanol–water partition coefficient (Wildman–Crippen LogP) is 1.09. The van der Waals surface area contributed by atoms with E-state index in [1.807, 2.05) is 22.7 Å². The Hall–Kier alpha value is -0.910. The number of aromatic nitrogens is 2. The van der Waals surface area contributed by atoms with E-state index in [1.54, 1.807) is 6.33 Å². The van der Waals surface area contributed by atoms with Gasteiger partial charge in [0.1, 0.15) is 10.9 Å². The van der Waals surface area contributed by atoms with Crippen molar-refractivity contribution in [1.29, 1.82) is 0 Å². The van der Waals surface area contributed by atoms with Gasteiger partial charge in [-0.2, -0.15) is 0 Å². The van der Waals surface area contributed by atoms with Crippen molar-refractivity contribution in [3.05, 3.63) is 34.8 Å². The summed E-state index contributed by atoms with van der Waals surface area (Å²) < 4.78 is 2.68. The zero-order chi connectivity index (χ0) is 10.1. The Kier molecular flexibility index (Phi) is 2.54. The van der Waals surface area contributed by atoms with Crippen LogP contribution in [0.25, 0.3) is 5.52 Å². The number of fused-ring (bicyclic) bond motifs is 1. The molecule has 0 radical (unpaired) electrons. The van der Waals surface area contributed by atoms with Gasteiger partial charge in [-0.1, -0.05) is 6.07 Å². The van der Waals surface area contributed by atoms with Crippen LogP contribution in [0, 0.1) is 0 Å². The lowest BCUT2D eigenvalue weighted by molar-refractivity contribution is 0.268. The molecule has 0 amide bonds. The van der Waals surface area contributed by atoms with Crippen LogP contribution in [0.3, 0.4) is 0 Å². The average molecular weight is 256 g/mol. The van der Waals surface area contributed by atoms with E-state index in [-0.39, 0.29) is 12.6 Å². The van der Waals surface area contributed by atoms with E-state index in [4.69, 9.17) is 10.8 Å². The number of pyridine rings is 1. The minimum absolute atomic E-state index is 0.0542. The lowest BCUT2D eigenvalue weighted by atomic mass is 10.1. The van der Waals surface area contributed by atoms with Gasteiger partial charge in [-0.05, 0) is 27.6 Å². The highest BCUT2D eigenvalue weighted by molar-refractivity contribution is 9.10. The van der Waals surface area contributed by atoms with Crippen LogP contribution in [0.4, 0.5) is 0 Å². The summed E-state index contributed by atoms with van der Waals surface area (Å²) in [6, 6.07) is 3.48. The van der Waals surface area contributed by atoms with Crippen LogP contribution < -0.4 is 5.73 Å². The lowest BCUT2D eigenvalue weighted by Crippen LogP contribution is -2.14. The molecule has 0 aliphatic heterocycles. The van der Waals surface area contributed by atoms with E-state index >= 15 is 0 Å². The number of nitrogens with zero attached hydrogens (tertiary/aromatic N) is 2. The first-order valence-corrected chi connectivity index (χ1v) is 5.00. The lowest BCUT2D eigenvalue weighted by Gasteiger charge is -2.08. The molecule has 5 heteroatoms. The van der Waals surface area contributed by atoms with Crippen LogP contribution in [-0.2, 0) is 0 Å². The highest BCUT2D eigenvalue weighted by Crippen LogP contribution is 2.18. The monoisotopic (exact) mass is 255 g/mol. The molecule has 0 saturated heterocycles. The van der Waals surface area contributed by atoms with Crippen molar-refractivity contribution in [1.82, 2.24) is 9.38 Å². The molecular formula is C9H10BrN3O. The molecule has 1 unspecified atom stereocenters. The summed E-state index contributed by atoms with van der Waals surface area (Å²) in [6.07, 6.45) is 3.57. The van der Waals surface area contributed by atoms with Gasteiger partial charge in [0.25, 0.3) is 0 Å². The van der Waals surface area contributed by atoms with Gasteiger partial charge in [0.2, 0.25) is 0 Å². The van der Waals surface area contributed by atoms with Crippen molar-refractivity contribution >= 4 is 21.4 Å². The molecule has 2 rings (SSSR count). The summed E-state index contributed by atoms with van der Waals surface area (Å²) in [5.41, 5.74) is 7.58. The molecule has 2 heterocycles. The molecule has 14 heavy (non-hydrogen) atoms. The molecule has 3 N–H and O–H groups in total. The van der Waals surface area contributed by atoms with Crippen molar-refractivity contribution in [2.75, 3.05) is 6.61 Å². The van der Waals surface area contributed by atoms with Crippen molar-refractivity contribution in [3.63, 3.8) is 0 Å². The number of rotatable bonds is 2. The van der Waals surface area contributed by atoms with Gasteiger partial charge in [0.05, 0.1) is 18.2 Å². The van der Waals surface area contributed by atoms with Crippen molar-refractivity contribution in [2.24, 2.45) is 5.73 Å². The van der Waals surface area contributed by atoms with Crippen LogP contribution in [0.5, 0.6) is 0 Å². The number of hydrogen-bond acceptors (Lipinski definition) is 3. The van der Waals surface area contributed by atoms with Crippen molar-refractivity contribution in [3.8, 4) is 0 Å². The topological polar surface area (TPSA) is 63.5 Å². The Morgan fingerprint density at radius 1 is 1.57 bits per heavy atom. The number of aliphatic hydroxyl groups excluding tert-OH is 1. The quantitative estimate of drug-likeness (QED) is 0.845. The molecule has 0 saturated carbocycles. The van der Waals surface area contributed by atoms with Crippen molar-refractivity contribution < 1.29 is 5.11 Å². The maximum Gasteiger partial charge on any atom is 0.131 e. The second kappa shape index (κ2) is 3.68. The standard InChI is InChI=1S/C9H10BrN3O/c10-9-8-2-1-6(7(11)4-14)3-13(8)5-12-9/h1-3,5,7,14H,4,11H2. The largest absolute Gasteiger partial charge is 0.394 e. The zero-order valence-electron chi connectivity index (χ0n) is 7.39. The summed E-state index contributed by atoms with van der Waals surface area (Å²) >= 11 is 3.33. The minimum atomic E-state index is -0.333. The third kappa shape index (κ3) is 1.54. The molecule has 0 bridgehead atoms. The molecule has 74 valence electrons. The molecule has 2 aromatic heterocycles. The van der Waals surface area contributed by atoms with E-state index in [9.17, 15) is 0 Å². The van der Waals surface area contributed by atoms with E-state index in [1.165, 1.54) is 0 Å². The van der Waals surface area contributed by atoms with Gasteiger partial charge in [0, 0.05) is 6.20 Å². The third-order valence-electron chi connectivity index (χ3n) is 2.13. The first kappa shape index (κ1) is 9.64. The third-order valence-corrected chi connectivity index (χ3v) is 2.74. The van der Waals surface area contributed by atoms with Gasteiger partial charge in [-0.15, -0.1) is 0 Å². The summed E-state index contributed by atoms with van der Waals surface area (Å²) in [4.78, 5) is 4.10. The minimum Gasteiger partial charge on any atom is -0.394 e. The molecule has 0 spiro atoms. The number of aliphatic hydroxyl groups is 1. The molecule has 4 nitrogen and oxygen atoms in total. The van der Waals surface area contributed by atoms with Crippen LogP contribution in [0.2, 0.25) is 0 Å². The fourth-order valence-corrected chi connectivity index (χ4v) is 1.74. The second-order valence-electron chi connectivity index (χ2n) is 3.08. The molecule has 0 aromatic carbocycles. The number of hydrogen-bond donors (Lipinski definition) is 2. The first-order valence-electron chi connectivity index (χ1n) is 4.21. The van der Waals surface area contributed by atoms with Gasteiger partial charge in [-0.3, -0.25) is 0 Å². The Bertz CT molecular complexity index is 454. The fourth-order valence-electron chi connectivity index (χ4n) is 1.31. The summed E-state index contributed by atoms with van der Waals surface area (Å²) in [7, 11) is 0. The maximum absolute atomic E-state index is 8.91. The number of nitrogens with two attached hydrogens (primary N) is 1. The van der Waals surface area contributed by atoms with E-state index < -0.39 is 0 Å². The average Bonchev–Trinajstić information content (AvgIpc) is 2.59. The Morgan fingerprint density at radius 2 is 2.36 bits per heavy atom. The summed E-state index contributed by atoms with van der Waals surface area (Å²) in [5, 5.41) is 8.91. The van der Waals surface area contributed by atoms with Crippen LogP contribution in [0.15, 0.2) is 29.3 Å². The van der Waals surface area contributed by atoms with Crippen molar-refractivity contribution in [2.45, 2.75) is 6.04 Å². The Labute approximate surface area is 89.5 Å². The Balaban J connectivity index is 2.52. The highest BCUT2D eigenvalue weighted by atomic mass is 79.9. The molecule has 0 fully saturated rings. The van der Waals surface area contributed by atoms with Crippen LogP contribution >= 0.6 is 15.9 Å². The molecular weight excluding hydrogens is 246 g/mol. The summed E-state index contributed by atoms with van der Waals surface area (Å²) in [6.45, 7) is -0.0542. The molecule has 0 aliphatic rings. The van der Waals surface area contributed by atoms with E-state index in [0.29, 0.717) is 0 Å². The summed E-state index contributed by atoms with van der Waals surface area (Å²) in [5.74, 6) is 0. The normalized spacial score (nSPS) is 13.4. The second-order valence-corrected chi connectivity index (χ2v) is 3.83.